The van der Waals surface area contributed by atoms with Crippen LogP contribution in [0, 0.1) is 5.92 Å². The highest BCUT2D eigenvalue weighted by Crippen LogP contribution is 2.16. The molecule has 0 unspecified atom stereocenters. The van der Waals surface area contributed by atoms with E-state index in [0.717, 1.165) is 4.90 Å². The van der Waals surface area contributed by atoms with Crippen molar-refractivity contribution in [3.63, 3.8) is 0 Å². The van der Waals surface area contributed by atoms with E-state index in [1.165, 1.54) is 19.0 Å². The first-order valence-corrected chi connectivity index (χ1v) is 7.27. The minimum Gasteiger partial charge on any atom is -0.480 e. The molecule has 0 saturated carbocycles. The molecule has 0 spiro atoms. The summed E-state index contributed by atoms with van der Waals surface area (Å²) in [6, 6.07) is -0.751. The Morgan fingerprint density at radius 3 is 2.00 bits per heavy atom. The summed E-state index contributed by atoms with van der Waals surface area (Å²) in [5, 5.41) is 8.80. The summed E-state index contributed by atoms with van der Waals surface area (Å²) in [5.74, 6) is -1.35. The summed E-state index contributed by atoms with van der Waals surface area (Å²) in [7, 11) is 2.90. The van der Waals surface area contributed by atoms with Crippen LogP contribution >= 0.6 is 0 Å². The van der Waals surface area contributed by atoms with E-state index in [1.807, 2.05) is 13.8 Å². The van der Waals surface area contributed by atoms with E-state index in [-0.39, 0.29) is 5.92 Å². The molecule has 7 nitrogen and oxygen atoms in total. The number of rotatable bonds is 6. The smallest absolute Gasteiger partial charge is 0.410 e. The van der Waals surface area contributed by atoms with E-state index in [9.17, 15) is 14.4 Å². The van der Waals surface area contributed by atoms with Gasteiger partial charge in [0.2, 0.25) is 5.91 Å². The Balaban J connectivity index is 5.14. The van der Waals surface area contributed by atoms with E-state index in [2.05, 4.69) is 0 Å². The number of carboxylic acid groups (broad SMARTS) is 1. The highest BCUT2D eigenvalue weighted by atomic mass is 16.6. The Labute approximate surface area is 132 Å². The van der Waals surface area contributed by atoms with Gasteiger partial charge in [-0.05, 0) is 33.1 Å². The SMILES string of the molecule is CC(C)C[C@@H](C(=O)N(C)CC(=O)O)N(C)C(=O)OC(C)(C)C. The first kappa shape index (κ1) is 20.2. The number of nitrogens with zero attached hydrogens (tertiary/aromatic N) is 2. The molecule has 0 radical (unpaired) electrons. The Morgan fingerprint density at radius 1 is 1.14 bits per heavy atom. The second-order valence-corrected chi connectivity index (χ2v) is 6.82. The minimum absolute atomic E-state index is 0.164. The van der Waals surface area contributed by atoms with E-state index in [0.29, 0.717) is 6.42 Å². The topological polar surface area (TPSA) is 87.2 Å². The van der Waals surface area contributed by atoms with Crippen LogP contribution in [-0.4, -0.2) is 65.2 Å². The van der Waals surface area contributed by atoms with Crippen LogP contribution in [-0.2, 0) is 14.3 Å². The fraction of sp³-hybridized carbons (Fsp3) is 0.800. The lowest BCUT2D eigenvalue weighted by Crippen LogP contribution is -2.50. The number of carbonyl (C=O) groups is 3. The fourth-order valence-electron chi connectivity index (χ4n) is 1.87. The molecule has 7 heteroatoms. The number of hydrogen-bond acceptors (Lipinski definition) is 4. The minimum atomic E-state index is -1.10. The van der Waals surface area contributed by atoms with Crippen LogP contribution in [0.3, 0.4) is 0 Å². The zero-order valence-electron chi connectivity index (χ0n) is 14.5. The molecule has 2 amide bonds. The quantitative estimate of drug-likeness (QED) is 0.807. The van der Waals surface area contributed by atoms with Crippen molar-refractivity contribution in [3.05, 3.63) is 0 Å². The Kier molecular flexibility index (Phi) is 7.35. The largest absolute Gasteiger partial charge is 0.480 e. The first-order valence-electron chi connectivity index (χ1n) is 7.27. The number of hydrogen-bond donors (Lipinski definition) is 1. The van der Waals surface area contributed by atoms with E-state index >= 15 is 0 Å². The molecule has 0 fully saturated rings. The van der Waals surface area contributed by atoms with Gasteiger partial charge >= 0.3 is 12.1 Å². The molecule has 0 aromatic carbocycles. The Bertz CT molecular complexity index is 415. The summed E-state index contributed by atoms with van der Waals surface area (Å²) in [4.78, 5) is 37.7. The molecule has 128 valence electrons. The van der Waals surface area contributed by atoms with Crippen molar-refractivity contribution in [2.45, 2.75) is 52.7 Å². The second kappa shape index (κ2) is 8.00. The second-order valence-electron chi connectivity index (χ2n) is 6.82. The highest BCUT2D eigenvalue weighted by molar-refractivity contribution is 5.87. The summed E-state index contributed by atoms with van der Waals surface area (Å²) < 4.78 is 5.27. The van der Waals surface area contributed by atoms with Crippen molar-refractivity contribution in [1.29, 1.82) is 0 Å². The maximum atomic E-state index is 12.4. The van der Waals surface area contributed by atoms with Gasteiger partial charge in [-0.25, -0.2) is 4.79 Å². The number of carbonyl (C=O) groups excluding carboxylic acids is 2. The molecule has 0 aliphatic heterocycles. The van der Waals surface area contributed by atoms with Crippen LogP contribution < -0.4 is 0 Å². The summed E-state index contributed by atoms with van der Waals surface area (Å²) in [5.41, 5.74) is -0.663. The third-order valence-corrected chi connectivity index (χ3v) is 2.88. The number of amides is 2. The molecule has 1 atom stereocenters. The number of aliphatic carboxylic acids is 1. The van der Waals surface area contributed by atoms with Gasteiger partial charge < -0.3 is 14.7 Å². The van der Waals surface area contributed by atoms with Gasteiger partial charge in [0.25, 0.3) is 0 Å². The van der Waals surface area contributed by atoms with Crippen molar-refractivity contribution < 1.29 is 24.2 Å². The normalized spacial score (nSPS) is 12.7. The van der Waals surface area contributed by atoms with Crippen molar-refractivity contribution in [1.82, 2.24) is 9.80 Å². The number of carboxylic acids is 1. The third-order valence-electron chi connectivity index (χ3n) is 2.88. The van der Waals surface area contributed by atoms with Crippen LogP contribution in [0.5, 0.6) is 0 Å². The van der Waals surface area contributed by atoms with Gasteiger partial charge in [0.1, 0.15) is 18.2 Å². The lowest BCUT2D eigenvalue weighted by atomic mass is 10.0. The fourth-order valence-corrected chi connectivity index (χ4v) is 1.87. The summed E-state index contributed by atoms with van der Waals surface area (Å²) in [6.07, 6.45) is -0.173. The van der Waals surface area contributed by atoms with Crippen LogP contribution in [0.25, 0.3) is 0 Å². The van der Waals surface area contributed by atoms with Gasteiger partial charge in [-0.15, -0.1) is 0 Å². The molecule has 0 aliphatic rings. The van der Waals surface area contributed by atoms with Gasteiger partial charge in [0, 0.05) is 14.1 Å². The maximum absolute atomic E-state index is 12.4. The molecule has 0 aliphatic carbocycles. The molecule has 0 heterocycles. The van der Waals surface area contributed by atoms with Crippen molar-refractivity contribution in [2.75, 3.05) is 20.6 Å². The van der Waals surface area contributed by atoms with Gasteiger partial charge in [0.05, 0.1) is 0 Å². The molecular formula is C15H28N2O5. The van der Waals surface area contributed by atoms with Crippen LogP contribution in [0.2, 0.25) is 0 Å². The standard InChI is InChI=1S/C15H28N2O5/c1-10(2)8-11(13(20)16(6)9-12(18)19)17(7)14(21)22-15(3,4)5/h10-11H,8-9H2,1-7H3,(H,18,19)/t11-/m0/s1. The van der Waals surface area contributed by atoms with Gasteiger partial charge in [-0.1, -0.05) is 13.8 Å². The highest BCUT2D eigenvalue weighted by Gasteiger charge is 2.32. The molecule has 0 rings (SSSR count). The number of likely N-dealkylation sites (N-methyl/N-ethyl adjacent to an activating group) is 2. The lowest BCUT2D eigenvalue weighted by Gasteiger charge is -2.32. The van der Waals surface area contributed by atoms with E-state index in [4.69, 9.17) is 9.84 Å². The maximum Gasteiger partial charge on any atom is 0.410 e. The predicted molar refractivity (Wildman–Crippen MR) is 82.5 cm³/mol. The molecule has 0 bridgehead atoms. The van der Waals surface area contributed by atoms with Crippen molar-refractivity contribution in [2.24, 2.45) is 5.92 Å². The molecule has 0 aromatic heterocycles. The van der Waals surface area contributed by atoms with Gasteiger partial charge in [-0.3, -0.25) is 14.5 Å². The molecule has 1 N–H and O–H groups in total. The zero-order valence-corrected chi connectivity index (χ0v) is 14.5. The summed E-state index contributed by atoms with van der Waals surface area (Å²) in [6.45, 7) is 8.69. The van der Waals surface area contributed by atoms with Gasteiger partial charge in [-0.2, -0.15) is 0 Å². The molecule has 0 aromatic rings. The lowest BCUT2D eigenvalue weighted by molar-refractivity contribution is -0.145. The molecule has 0 saturated heterocycles. The zero-order chi connectivity index (χ0) is 17.7. The Morgan fingerprint density at radius 2 is 1.64 bits per heavy atom. The van der Waals surface area contributed by atoms with Crippen LogP contribution in [0.1, 0.15) is 41.0 Å². The van der Waals surface area contributed by atoms with Gasteiger partial charge in [0.15, 0.2) is 0 Å². The van der Waals surface area contributed by atoms with E-state index < -0.39 is 36.2 Å². The average Bonchev–Trinajstić information content (AvgIpc) is 2.30. The van der Waals surface area contributed by atoms with Crippen LogP contribution in [0.15, 0.2) is 0 Å². The summed E-state index contributed by atoms with van der Waals surface area (Å²) >= 11 is 0. The molecule has 22 heavy (non-hydrogen) atoms. The molecular weight excluding hydrogens is 288 g/mol. The van der Waals surface area contributed by atoms with Crippen molar-refractivity contribution in [3.8, 4) is 0 Å². The monoisotopic (exact) mass is 316 g/mol. The third kappa shape index (κ3) is 7.28. The first-order chi connectivity index (χ1) is 9.85. The predicted octanol–water partition coefficient (Wildman–Crippen LogP) is 1.81. The number of ether oxygens (including phenoxy) is 1. The van der Waals surface area contributed by atoms with Crippen LogP contribution in [0.4, 0.5) is 4.79 Å². The van der Waals surface area contributed by atoms with Crippen molar-refractivity contribution >= 4 is 18.0 Å². The van der Waals surface area contributed by atoms with E-state index in [1.54, 1.807) is 20.8 Å². The average molecular weight is 316 g/mol. The Hall–Kier alpha value is -1.79.